The number of amides is 2. The maximum Gasteiger partial charge on any atom is 0.326 e. The summed E-state index contributed by atoms with van der Waals surface area (Å²) in [4.78, 5) is 44.1. The molecule has 1 aromatic carbocycles. The molecule has 0 aliphatic carbocycles. The lowest BCUT2D eigenvalue weighted by molar-refractivity contribution is -0.140. The van der Waals surface area contributed by atoms with Crippen molar-refractivity contribution in [3.05, 3.63) is 35.4 Å². The van der Waals surface area contributed by atoms with E-state index >= 15 is 0 Å². The van der Waals surface area contributed by atoms with Crippen LogP contribution < -0.4 is 11.1 Å². The second-order valence-corrected chi connectivity index (χ2v) is 4.24. The zero-order valence-corrected chi connectivity index (χ0v) is 10.9. The first-order valence-corrected chi connectivity index (χ1v) is 5.96. The summed E-state index contributed by atoms with van der Waals surface area (Å²) >= 11 is 0. The minimum atomic E-state index is -1.32. The molecule has 2 amide bonds. The van der Waals surface area contributed by atoms with Gasteiger partial charge in [0.25, 0.3) is 5.91 Å². The van der Waals surface area contributed by atoms with Crippen LogP contribution in [0.1, 0.15) is 33.6 Å². The predicted octanol–water partition coefficient (Wildman–Crippen LogP) is -0.167. The second kappa shape index (κ2) is 7.04. The van der Waals surface area contributed by atoms with Crippen LogP contribution in [0.25, 0.3) is 0 Å². The van der Waals surface area contributed by atoms with E-state index in [0.717, 1.165) is 0 Å². The zero-order chi connectivity index (χ0) is 16.0. The molecule has 0 aromatic heterocycles. The summed E-state index contributed by atoms with van der Waals surface area (Å²) < 4.78 is 0. The zero-order valence-electron chi connectivity index (χ0n) is 10.9. The van der Waals surface area contributed by atoms with Gasteiger partial charge in [0.15, 0.2) is 0 Å². The molecule has 0 heterocycles. The van der Waals surface area contributed by atoms with E-state index in [1.165, 1.54) is 24.3 Å². The van der Waals surface area contributed by atoms with Crippen molar-refractivity contribution in [2.24, 2.45) is 5.73 Å². The van der Waals surface area contributed by atoms with Gasteiger partial charge < -0.3 is 21.3 Å². The highest BCUT2D eigenvalue weighted by Crippen LogP contribution is 2.06. The lowest BCUT2D eigenvalue weighted by Crippen LogP contribution is -2.41. The van der Waals surface area contributed by atoms with Crippen LogP contribution in [0.2, 0.25) is 0 Å². The van der Waals surface area contributed by atoms with Gasteiger partial charge in [-0.2, -0.15) is 0 Å². The van der Waals surface area contributed by atoms with Crippen molar-refractivity contribution in [2.45, 2.75) is 18.9 Å². The van der Waals surface area contributed by atoms with Gasteiger partial charge in [-0.15, -0.1) is 0 Å². The molecule has 8 nitrogen and oxygen atoms in total. The SMILES string of the molecule is NC(=O)c1ccc(C(=O)N[C@@H](CCC(=O)O)C(=O)O)cc1. The molecule has 5 N–H and O–H groups in total. The fourth-order valence-corrected chi connectivity index (χ4v) is 1.55. The van der Waals surface area contributed by atoms with Gasteiger partial charge in [-0.05, 0) is 30.7 Å². The second-order valence-electron chi connectivity index (χ2n) is 4.24. The van der Waals surface area contributed by atoms with Crippen molar-refractivity contribution in [1.82, 2.24) is 5.32 Å². The Bertz CT molecular complexity index is 567. The number of benzene rings is 1. The third-order valence-electron chi connectivity index (χ3n) is 2.68. The van der Waals surface area contributed by atoms with Gasteiger partial charge >= 0.3 is 11.9 Å². The molecule has 0 fully saturated rings. The van der Waals surface area contributed by atoms with Crippen molar-refractivity contribution >= 4 is 23.8 Å². The highest BCUT2D eigenvalue weighted by atomic mass is 16.4. The van der Waals surface area contributed by atoms with Gasteiger partial charge in [-0.1, -0.05) is 0 Å². The standard InChI is InChI=1S/C13H14N2O6/c14-11(18)7-1-3-8(4-2-7)12(19)15-9(13(20)21)5-6-10(16)17/h1-4,9H,5-6H2,(H2,14,18)(H,15,19)(H,16,17)(H,20,21)/t9-/m0/s1. The van der Waals surface area contributed by atoms with Crippen LogP contribution in [0.5, 0.6) is 0 Å². The van der Waals surface area contributed by atoms with Gasteiger partial charge in [0, 0.05) is 17.5 Å². The fourth-order valence-electron chi connectivity index (χ4n) is 1.55. The summed E-state index contributed by atoms with van der Waals surface area (Å²) in [6.45, 7) is 0. The quantitative estimate of drug-likeness (QED) is 0.549. The van der Waals surface area contributed by atoms with E-state index in [-0.39, 0.29) is 24.0 Å². The Balaban J connectivity index is 2.74. The maximum absolute atomic E-state index is 11.8. The van der Waals surface area contributed by atoms with Crippen molar-refractivity contribution in [2.75, 3.05) is 0 Å². The Hall–Kier alpha value is -2.90. The van der Waals surface area contributed by atoms with Crippen LogP contribution in [-0.2, 0) is 9.59 Å². The molecular formula is C13H14N2O6. The Morgan fingerprint density at radius 2 is 1.57 bits per heavy atom. The van der Waals surface area contributed by atoms with E-state index in [1.807, 2.05) is 0 Å². The summed E-state index contributed by atoms with van der Waals surface area (Å²) in [5.41, 5.74) is 5.41. The molecule has 112 valence electrons. The minimum Gasteiger partial charge on any atom is -0.481 e. The lowest BCUT2D eigenvalue weighted by Gasteiger charge is -2.13. The number of primary amides is 1. The first kappa shape index (κ1) is 16.2. The lowest BCUT2D eigenvalue weighted by atomic mass is 10.1. The Labute approximate surface area is 119 Å². The van der Waals surface area contributed by atoms with Crippen molar-refractivity contribution in [3.63, 3.8) is 0 Å². The van der Waals surface area contributed by atoms with Crippen LogP contribution in [0.15, 0.2) is 24.3 Å². The fraction of sp³-hybridized carbons (Fsp3) is 0.231. The molecule has 0 saturated carbocycles. The van der Waals surface area contributed by atoms with E-state index in [0.29, 0.717) is 0 Å². The van der Waals surface area contributed by atoms with Crippen LogP contribution >= 0.6 is 0 Å². The summed E-state index contributed by atoms with van der Waals surface area (Å²) in [6.07, 6.45) is -0.604. The molecule has 0 spiro atoms. The third-order valence-corrected chi connectivity index (χ3v) is 2.68. The molecule has 1 aromatic rings. The summed E-state index contributed by atoms with van der Waals surface area (Å²) in [6, 6.07) is 4.02. The molecular weight excluding hydrogens is 280 g/mol. The van der Waals surface area contributed by atoms with Crippen LogP contribution in [-0.4, -0.2) is 40.0 Å². The third kappa shape index (κ3) is 4.94. The molecule has 1 rings (SSSR count). The normalized spacial score (nSPS) is 11.4. The molecule has 0 aliphatic heterocycles. The molecule has 21 heavy (non-hydrogen) atoms. The number of nitrogens with two attached hydrogens (primary N) is 1. The maximum atomic E-state index is 11.8. The van der Waals surface area contributed by atoms with Gasteiger partial charge in [0.1, 0.15) is 6.04 Å². The van der Waals surface area contributed by atoms with E-state index in [4.69, 9.17) is 15.9 Å². The smallest absolute Gasteiger partial charge is 0.326 e. The van der Waals surface area contributed by atoms with Gasteiger partial charge in [-0.25, -0.2) is 4.79 Å². The summed E-state index contributed by atoms with van der Waals surface area (Å²) in [7, 11) is 0. The van der Waals surface area contributed by atoms with E-state index in [9.17, 15) is 19.2 Å². The van der Waals surface area contributed by atoms with Crippen molar-refractivity contribution < 1.29 is 29.4 Å². The first-order valence-electron chi connectivity index (χ1n) is 5.96. The van der Waals surface area contributed by atoms with Crippen LogP contribution in [0.3, 0.4) is 0 Å². The van der Waals surface area contributed by atoms with Gasteiger partial charge in [0.2, 0.25) is 5.91 Å². The Kier molecular flexibility index (Phi) is 5.41. The summed E-state index contributed by atoms with van der Waals surface area (Å²) in [5, 5.41) is 19.7. The number of hydrogen-bond acceptors (Lipinski definition) is 4. The number of carbonyl (C=O) groups excluding carboxylic acids is 2. The average Bonchev–Trinajstić information content (AvgIpc) is 2.42. The number of rotatable bonds is 7. The van der Waals surface area contributed by atoms with Crippen LogP contribution in [0.4, 0.5) is 0 Å². The number of carboxylic acid groups (broad SMARTS) is 2. The van der Waals surface area contributed by atoms with E-state index in [1.54, 1.807) is 0 Å². The Morgan fingerprint density at radius 3 is 2.00 bits per heavy atom. The van der Waals surface area contributed by atoms with Gasteiger partial charge in [0.05, 0.1) is 0 Å². The van der Waals surface area contributed by atoms with Crippen molar-refractivity contribution in [1.29, 1.82) is 0 Å². The summed E-state index contributed by atoms with van der Waals surface area (Å²) in [5.74, 6) is -3.80. The topological polar surface area (TPSA) is 147 Å². The first-order chi connectivity index (χ1) is 9.81. The number of nitrogens with one attached hydrogen (secondary N) is 1. The monoisotopic (exact) mass is 294 g/mol. The van der Waals surface area contributed by atoms with Crippen molar-refractivity contribution in [3.8, 4) is 0 Å². The largest absolute Gasteiger partial charge is 0.481 e. The average molecular weight is 294 g/mol. The van der Waals surface area contributed by atoms with Gasteiger partial charge in [-0.3, -0.25) is 14.4 Å². The molecule has 0 radical (unpaired) electrons. The molecule has 8 heteroatoms. The molecule has 0 aliphatic rings. The predicted molar refractivity (Wildman–Crippen MR) is 70.7 cm³/mol. The van der Waals surface area contributed by atoms with E-state index < -0.39 is 29.8 Å². The highest BCUT2D eigenvalue weighted by Gasteiger charge is 2.21. The number of hydrogen-bond donors (Lipinski definition) is 4. The molecule has 1 atom stereocenters. The molecule has 0 unspecified atom stereocenters. The molecule has 0 saturated heterocycles. The number of carbonyl (C=O) groups is 4. The Morgan fingerprint density at radius 1 is 1.05 bits per heavy atom. The number of aliphatic carboxylic acids is 2. The highest BCUT2D eigenvalue weighted by molar-refractivity contribution is 5.98. The van der Waals surface area contributed by atoms with E-state index in [2.05, 4.69) is 5.32 Å². The van der Waals surface area contributed by atoms with Crippen LogP contribution in [0, 0.1) is 0 Å². The number of carboxylic acids is 2. The molecule has 0 bridgehead atoms. The minimum absolute atomic E-state index is 0.140.